The third-order valence-corrected chi connectivity index (χ3v) is 10.9. The summed E-state index contributed by atoms with van der Waals surface area (Å²) in [6.45, 7) is 7.55. The molecule has 5 heteroatoms. The van der Waals surface area contributed by atoms with Gasteiger partial charge in [0.25, 0.3) is 0 Å². The van der Waals surface area contributed by atoms with Crippen LogP contribution in [0.4, 0.5) is 0 Å². The molecule has 0 aromatic rings. The Morgan fingerprint density at radius 3 is 1.18 bits per heavy atom. The smallest absolute Gasteiger partial charge is 0.306 e. The van der Waals surface area contributed by atoms with Gasteiger partial charge in [0, 0.05) is 19.4 Å². The minimum absolute atomic E-state index is 0.0584. The molecule has 0 saturated carbocycles. The Labute approximate surface area is 384 Å². The Hall–Kier alpha value is -2.92. The van der Waals surface area contributed by atoms with Crippen molar-refractivity contribution in [1.29, 1.82) is 0 Å². The highest BCUT2D eigenvalue weighted by atomic mass is 16.6. The van der Waals surface area contributed by atoms with E-state index in [1.165, 1.54) is 116 Å². The molecule has 62 heavy (non-hydrogen) atoms. The van der Waals surface area contributed by atoms with Crippen LogP contribution in [0.5, 0.6) is 0 Å². The van der Waals surface area contributed by atoms with E-state index in [0.717, 1.165) is 89.9 Å². The van der Waals surface area contributed by atoms with Crippen molar-refractivity contribution < 1.29 is 23.8 Å². The van der Waals surface area contributed by atoms with Crippen LogP contribution in [0.3, 0.4) is 0 Å². The molecule has 1 atom stereocenters. The third kappa shape index (κ3) is 49.7. The molecule has 0 spiro atoms. The fraction of sp³-hybridized carbons (Fsp3) is 0.719. The number of ether oxygens (including phenoxy) is 3. The Balaban J connectivity index is 4.30. The summed E-state index contributed by atoms with van der Waals surface area (Å²) in [6.07, 6.45) is 68.9. The molecule has 0 saturated heterocycles. The summed E-state index contributed by atoms with van der Waals surface area (Å²) in [4.78, 5) is 25.3. The number of esters is 2. The van der Waals surface area contributed by atoms with Gasteiger partial charge in [-0.25, -0.2) is 0 Å². The molecule has 0 aliphatic carbocycles. The molecule has 0 fully saturated rings. The predicted molar refractivity (Wildman–Crippen MR) is 270 cm³/mol. The van der Waals surface area contributed by atoms with E-state index in [1.807, 2.05) is 0 Å². The molecule has 0 aliphatic rings. The quantitative estimate of drug-likeness (QED) is 0.0346. The standard InChI is InChI=1S/C57H98O5/c1-4-7-10-13-16-19-21-23-25-27-28-29-31-33-35-37-40-43-46-49-52-60-53-55(62-57(59)51-48-45-42-38-18-15-12-9-6-3)54-61-56(58)50-47-44-41-39-36-34-32-30-26-24-22-20-17-14-11-8-5-2/h7,10,16,19,23-26,28-29,33,35,40,43,55H,4-6,8-9,11-15,17-18,20-22,27,30-32,34,36-39,41-42,44-54H2,1-3H3/b10-7-,19-16-,25-23-,26-24-,29-28-,35-33-,43-40-. The van der Waals surface area contributed by atoms with E-state index in [-0.39, 0.29) is 25.2 Å². The van der Waals surface area contributed by atoms with Crippen molar-refractivity contribution in [2.45, 2.75) is 245 Å². The van der Waals surface area contributed by atoms with Crippen LogP contribution in [0.15, 0.2) is 85.1 Å². The minimum Gasteiger partial charge on any atom is -0.462 e. The van der Waals surface area contributed by atoms with Crippen molar-refractivity contribution >= 4 is 11.9 Å². The minimum atomic E-state index is -0.568. The summed E-state index contributed by atoms with van der Waals surface area (Å²) in [7, 11) is 0. The van der Waals surface area contributed by atoms with Gasteiger partial charge in [-0.2, -0.15) is 0 Å². The fourth-order valence-electron chi connectivity index (χ4n) is 7.05. The molecule has 5 nitrogen and oxygen atoms in total. The average molecular weight is 863 g/mol. The molecule has 0 N–H and O–H groups in total. The van der Waals surface area contributed by atoms with Gasteiger partial charge in [-0.3, -0.25) is 9.59 Å². The molecule has 0 aromatic heterocycles. The maximum Gasteiger partial charge on any atom is 0.306 e. The summed E-state index contributed by atoms with van der Waals surface area (Å²) in [5.74, 6) is -0.435. The first-order valence-corrected chi connectivity index (χ1v) is 26.1. The SMILES string of the molecule is CC/C=C\C/C=C\C/C=C\C/C=C\C/C=C\C/C=C\CCCOCC(COC(=O)CCCCCCCCC/C=C\CCCCCCCC)OC(=O)CCCCCCCCCCC. The van der Waals surface area contributed by atoms with Gasteiger partial charge >= 0.3 is 11.9 Å². The van der Waals surface area contributed by atoms with Gasteiger partial charge < -0.3 is 14.2 Å². The molecule has 0 amide bonds. The molecule has 356 valence electrons. The zero-order valence-electron chi connectivity index (χ0n) is 40.9. The van der Waals surface area contributed by atoms with Gasteiger partial charge in [-0.1, -0.05) is 221 Å². The van der Waals surface area contributed by atoms with Gasteiger partial charge in [0.2, 0.25) is 0 Å². The largest absolute Gasteiger partial charge is 0.462 e. The number of carbonyl (C=O) groups is 2. The third-order valence-electron chi connectivity index (χ3n) is 10.9. The number of rotatable bonds is 47. The molecular formula is C57H98O5. The van der Waals surface area contributed by atoms with Crippen LogP contribution in [0.25, 0.3) is 0 Å². The lowest BCUT2D eigenvalue weighted by atomic mass is 10.1. The average Bonchev–Trinajstić information content (AvgIpc) is 3.27. The van der Waals surface area contributed by atoms with Gasteiger partial charge in [0.1, 0.15) is 6.61 Å². The van der Waals surface area contributed by atoms with Crippen LogP contribution >= 0.6 is 0 Å². The summed E-state index contributed by atoms with van der Waals surface area (Å²) in [5, 5.41) is 0. The molecule has 0 bridgehead atoms. The van der Waals surface area contributed by atoms with Crippen LogP contribution in [-0.2, 0) is 23.8 Å². The summed E-state index contributed by atoms with van der Waals surface area (Å²) in [6, 6.07) is 0. The monoisotopic (exact) mass is 863 g/mol. The molecule has 0 aliphatic heterocycles. The molecule has 0 aromatic carbocycles. The van der Waals surface area contributed by atoms with Crippen molar-refractivity contribution in [1.82, 2.24) is 0 Å². The van der Waals surface area contributed by atoms with E-state index in [1.54, 1.807) is 0 Å². The van der Waals surface area contributed by atoms with Crippen molar-refractivity contribution in [2.24, 2.45) is 0 Å². The van der Waals surface area contributed by atoms with Crippen molar-refractivity contribution in [2.75, 3.05) is 19.8 Å². The fourth-order valence-corrected chi connectivity index (χ4v) is 7.05. The summed E-state index contributed by atoms with van der Waals surface area (Å²) < 4.78 is 17.3. The number of allylic oxidation sites excluding steroid dienone is 14. The summed E-state index contributed by atoms with van der Waals surface area (Å²) in [5.41, 5.74) is 0. The lowest BCUT2D eigenvalue weighted by molar-refractivity contribution is -0.163. The second-order valence-electron chi connectivity index (χ2n) is 17.0. The number of carbonyl (C=O) groups excluding carboxylic acids is 2. The van der Waals surface area contributed by atoms with Crippen LogP contribution in [-0.4, -0.2) is 37.9 Å². The van der Waals surface area contributed by atoms with E-state index >= 15 is 0 Å². The molecule has 0 radical (unpaired) electrons. The molecule has 1 unspecified atom stereocenters. The second-order valence-corrected chi connectivity index (χ2v) is 17.0. The number of hydrogen-bond acceptors (Lipinski definition) is 5. The number of unbranched alkanes of at least 4 members (excludes halogenated alkanes) is 22. The summed E-state index contributed by atoms with van der Waals surface area (Å²) >= 11 is 0. The van der Waals surface area contributed by atoms with Gasteiger partial charge in [-0.15, -0.1) is 0 Å². The zero-order valence-corrected chi connectivity index (χ0v) is 40.9. The highest BCUT2D eigenvalue weighted by Gasteiger charge is 2.17. The Morgan fingerprint density at radius 1 is 0.371 bits per heavy atom. The first kappa shape index (κ1) is 59.1. The predicted octanol–water partition coefficient (Wildman–Crippen LogP) is 17.7. The van der Waals surface area contributed by atoms with Crippen LogP contribution in [0.1, 0.15) is 239 Å². The first-order valence-electron chi connectivity index (χ1n) is 26.1. The van der Waals surface area contributed by atoms with Gasteiger partial charge in [-0.05, 0) is 89.9 Å². The topological polar surface area (TPSA) is 61.8 Å². The van der Waals surface area contributed by atoms with Crippen molar-refractivity contribution in [3.63, 3.8) is 0 Å². The highest BCUT2D eigenvalue weighted by molar-refractivity contribution is 5.70. The second kappa shape index (κ2) is 52.4. The lowest BCUT2D eigenvalue weighted by Crippen LogP contribution is -2.30. The van der Waals surface area contributed by atoms with Crippen molar-refractivity contribution in [3.8, 4) is 0 Å². The van der Waals surface area contributed by atoms with E-state index in [2.05, 4.69) is 106 Å². The molecule has 0 heterocycles. The van der Waals surface area contributed by atoms with E-state index in [4.69, 9.17) is 14.2 Å². The van der Waals surface area contributed by atoms with Crippen LogP contribution < -0.4 is 0 Å². The molecule has 0 rings (SSSR count). The zero-order chi connectivity index (χ0) is 44.9. The van der Waals surface area contributed by atoms with E-state index in [0.29, 0.717) is 19.4 Å². The van der Waals surface area contributed by atoms with Gasteiger partial charge in [0.15, 0.2) is 6.10 Å². The number of hydrogen-bond donors (Lipinski definition) is 0. The Bertz CT molecular complexity index is 1160. The Morgan fingerprint density at radius 2 is 0.726 bits per heavy atom. The highest BCUT2D eigenvalue weighted by Crippen LogP contribution is 2.14. The van der Waals surface area contributed by atoms with E-state index < -0.39 is 6.10 Å². The van der Waals surface area contributed by atoms with Crippen molar-refractivity contribution in [3.05, 3.63) is 85.1 Å². The van der Waals surface area contributed by atoms with Crippen LogP contribution in [0, 0.1) is 0 Å². The van der Waals surface area contributed by atoms with E-state index in [9.17, 15) is 9.59 Å². The maximum atomic E-state index is 12.7. The lowest BCUT2D eigenvalue weighted by Gasteiger charge is -2.18. The molecular weight excluding hydrogens is 765 g/mol. The van der Waals surface area contributed by atoms with Gasteiger partial charge in [0.05, 0.1) is 6.61 Å². The van der Waals surface area contributed by atoms with Crippen LogP contribution in [0.2, 0.25) is 0 Å². The first-order chi connectivity index (χ1) is 30.6. The maximum absolute atomic E-state index is 12.7. The Kier molecular flexibility index (Phi) is 50.0. The normalized spacial score (nSPS) is 12.9.